The lowest BCUT2D eigenvalue weighted by Gasteiger charge is -2.08. The van der Waals surface area contributed by atoms with E-state index in [0.717, 1.165) is 17.7 Å². The molecule has 17 heavy (non-hydrogen) atoms. The molecule has 0 aliphatic heterocycles. The molecule has 0 fully saturated rings. The number of hydrogen-bond donors (Lipinski definition) is 1. The minimum Gasteiger partial charge on any atom is -0.395 e. The summed E-state index contributed by atoms with van der Waals surface area (Å²) in [7, 11) is 0. The van der Waals surface area contributed by atoms with Gasteiger partial charge in [0.15, 0.2) is 0 Å². The lowest BCUT2D eigenvalue weighted by atomic mass is 10.1. The highest BCUT2D eigenvalue weighted by Gasteiger charge is 2.00. The summed E-state index contributed by atoms with van der Waals surface area (Å²) in [6, 6.07) is 7.97. The molecule has 0 bridgehead atoms. The van der Waals surface area contributed by atoms with Gasteiger partial charge in [0, 0.05) is 18.6 Å². The van der Waals surface area contributed by atoms with Gasteiger partial charge in [-0.2, -0.15) is 0 Å². The van der Waals surface area contributed by atoms with E-state index in [2.05, 4.69) is 25.7 Å². The lowest BCUT2D eigenvalue weighted by Crippen LogP contribution is -2.02. The molecule has 0 unspecified atom stereocenters. The van der Waals surface area contributed by atoms with E-state index in [-0.39, 0.29) is 6.61 Å². The van der Waals surface area contributed by atoms with Crippen molar-refractivity contribution >= 4 is 0 Å². The first kappa shape index (κ1) is 13.8. The first-order valence-corrected chi connectivity index (χ1v) is 5.99. The number of ether oxygens (including phenoxy) is 1. The van der Waals surface area contributed by atoms with Crippen LogP contribution < -0.4 is 0 Å². The third kappa shape index (κ3) is 5.53. The van der Waals surface area contributed by atoms with E-state index in [4.69, 9.17) is 9.84 Å². The van der Waals surface area contributed by atoms with Crippen molar-refractivity contribution in [2.75, 3.05) is 13.2 Å². The van der Waals surface area contributed by atoms with Crippen molar-refractivity contribution in [1.29, 1.82) is 0 Å². The highest BCUT2D eigenvalue weighted by Crippen LogP contribution is 2.09. The van der Waals surface area contributed by atoms with E-state index in [1.165, 1.54) is 0 Å². The molecule has 0 heterocycles. The summed E-state index contributed by atoms with van der Waals surface area (Å²) in [5, 5.41) is 8.69. The average molecular weight is 232 g/mol. The van der Waals surface area contributed by atoms with Crippen LogP contribution in [-0.2, 0) is 11.3 Å². The maximum absolute atomic E-state index is 8.69. The van der Waals surface area contributed by atoms with Gasteiger partial charge in [-0.1, -0.05) is 43.9 Å². The van der Waals surface area contributed by atoms with Crippen LogP contribution in [0.3, 0.4) is 0 Å². The van der Waals surface area contributed by atoms with Crippen LogP contribution in [0.15, 0.2) is 24.3 Å². The van der Waals surface area contributed by atoms with Crippen molar-refractivity contribution in [3.05, 3.63) is 35.4 Å². The maximum atomic E-state index is 8.69. The molecule has 1 rings (SSSR count). The third-order valence-corrected chi connectivity index (χ3v) is 2.19. The van der Waals surface area contributed by atoms with Crippen LogP contribution in [0.25, 0.3) is 0 Å². The van der Waals surface area contributed by atoms with Gasteiger partial charge in [0.25, 0.3) is 0 Å². The molecule has 1 aromatic rings. The lowest BCUT2D eigenvalue weighted by molar-refractivity contribution is 0.0969. The fourth-order valence-electron chi connectivity index (χ4n) is 1.39. The minimum atomic E-state index is 0.110. The predicted octanol–water partition coefficient (Wildman–Crippen LogP) is 2.59. The predicted molar refractivity (Wildman–Crippen MR) is 69.5 cm³/mol. The standard InChI is InChI=1S/C15H20O2/c1-13(2)11-17-12-15-9-4-3-7-14(15)8-5-6-10-16/h3-4,7,9,13,16H,6,10-12H2,1-2H3. The van der Waals surface area contributed by atoms with E-state index >= 15 is 0 Å². The van der Waals surface area contributed by atoms with E-state index in [9.17, 15) is 0 Å². The van der Waals surface area contributed by atoms with Crippen LogP contribution in [0, 0.1) is 17.8 Å². The molecule has 2 heteroatoms. The first-order valence-electron chi connectivity index (χ1n) is 5.99. The fourth-order valence-corrected chi connectivity index (χ4v) is 1.39. The van der Waals surface area contributed by atoms with E-state index < -0.39 is 0 Å². The average Bonchev–Trinajstić information content (AvgIpc) is 2.31. The largest absolute Gasteiger partial charge is 0.395 e. The molecule has 92 valence electrons. The van der Waals surface area contributed by atoms with Crippen LogP contribution >= 0.6 is 0 Å². The molecule has 0 amide bonds. The molecule has 0 saturated heterocycles. The second kappa shape index (κ2) is 7.89. The zero-order chi connectivity index (χ0) is 12.5. The number of benzene rings is 1. The molecule has 0 aromatic heterocycles. The van der Waals surface area contributed by atoms with Gasteiger partial charge >= 0.3 is 0 Å². The molecule has 2 nitrogen and oxygen atoms in total. The zero-order valence-electron chi connectivity index (χ0n) is 10.6. The number of rotatable bonds is 5. The zero-order valence-corrected chi connectivity index (χ0v) is 10.6. The SMILES string of the molecule is CC(C)COCc1ccccc1C#CCCO. The Labute approximate surface area is 104 Å². The third-order valence-electron chi connectivity index (χ3n) is 2.19. The quantitative estimate of drug-likeness (QED) is 0.791. The van der Waals surface area contributed by atoms with E-state index in [1.807, 2.05) is 24.3 Å². The Morgan fingerprint density at radius 2 is 2.06 bits per heavy atom. The molecule has 0 saturated carbocycles. The molecular formula is C15H20O2. The molecule has 0 aliphatic carbocycles. The summed E-state index contributed by atoms with van der Waals surface area (Å²) in [5.74, 6) is 6.54. The van der Waals surface area contributed by atoms with Gasteiger partial charge in [0.1, 0.15) is 0 Å². The van der Waals surface area contributed by atoms with Gasteiger partial charge in [-0.25, -0.2) is 0 Å². The highest BCUT2D eigenvalue weighted by molar-refractivity contribution is 5.40. The highest BCUT2D eigenvalue weighted by atomic mass is 16.5. The van der Waals surface area contributed by atoms with Crippen molar-refractivity contribution in [2.45, 2.75) is 26.9 Å². The Bertz CT molecular complexity index is 385. The summed E-state index contributed by atoms with van der Waals surface area (Å²) in [5.41, 5.74) is 2.10. The summed E-state index contributed by atoms with van der Waals surface area (Å²) in [6.07, 6.45) is 0.515. The Balaban J connectivity index is 2.62. The van der Waals surface area contributed by atoms with Crippen molar-refractivity contribution in [3.63, 3.8) is 0 Å². The van der Waals surface area contributed by atoms with Crippen molar-refractivity contribution in [2.24, 2.45) is 5.92 Å². The molecule has 0 atom stereocenters. The van der Waals surface area contributed by atoms with Gasteiger partial charge in [-0.3, -0.25) is 0 Å². The first-order chi connectivity index (χ1) is 8.24. The molecule has 0 spiro atoms. The normalized spacial score (nSPS) is 10.1. The monoisotopic (exact) mass is 232 g/mol. The van der Waals surface area contributed by atoms with Crippen molar-refractivity contribution in [1.82, 2.24) is 0 Å². The van der Waals surface area contributed by atoms with Crippen LogP contribution in [0.4, 0.5) is 0 Å². The van der Waals surface area contributed by atoms with Crippen LogP contribution in [-0.4, -0.2) is 18.3 Å². The molecular weight excluding hydrogens is 212 g/mol. The minimum absolute atomic E-state index is 0.110. The molecule has 0 aliphatic rings. The summed E-state index contributed by atoms with van der Waals surface area (Å²) < 4.78 is 5.61. The second-order valence-electron chi connectivity index (χ2n) is 4.34. The van der Waals surface area contributed by atoms with Gasteiger partial charge in [0.2, 0.25) is 0 Å². The summed E-state index contributed by atoms with van der Waals surface area (Å²) in [4.78, 5) is 0. The van der Waals surface area contributed by atoms with E-state index in [0.29, 0.717) is 18.9 Å². The van der Waals surface area contributed by atoms with Gasteiger partial charge in [-0.15, -0.1) is 0 Å². The Hall–Kier alpha value is -1.30. The number of aliphatic hydroxyl groups excluding tert-OH is 1. The summed E-state index contributed by atoms with van der Waals surface area (Å²) >= 11 is 0. The van der Waals surface area contributed by atoms with Crippen molar-refractivity contribution < 1.29 is 9.84 Å². The second-order valence-corrected chi connectivity index (χ2v) is 4.34. The van der Waals surface area contributed by atoms with Gasteiger partial charge < -0.3 is 9.84 Å². The van der Waals surface area contributed by atoms with Crippen LogP contribution in [0.2, 0.25) is 0 Å². The summed E-state index contributed by atoms with van der Waals surface area (Å²) in [6.45, 7) is 5.74. The fraction of sp³-hybridized carbons (Fsp3) is 0.467. The maximum Gasteiger partial charge on any atom is 0.0729 e. The molecule has 1 N–H and O–H groups in total. The van der Waals surface area contributed by atoms with Crippen LogP contribution in [0.5, 0.6) is 0 Å². The number of aliphatic hydroxyl groups is 1. The smallest absolute Gasteiger partial charge is 0.0729 e. The molecule has 0 radical (unpaired) electrons. The Kier molecular flexibility index (Phi) is 6.39. The van der Waals surface area contributed by atoms with Gasteiger partial charge in [0.05, 0.1) is 13.2 Å². The number of hydrogen-bond acceptors (Lipinski definition) is 2. The van der Waals surface area contributed by atoms with E-state index in [1.54, 1.807) is 0 Å². The Morgan fingerprint density at radius 1 is 1.29 bits per heavy atom. The van der Waals surface area contributed by atoms with Gasteiger partial charge in [-0.05, 0) is 17.5 Å². The topological polar surface area (TPSA) is 29.5 Å². The van der Waals surface area contributed by atoms with Crippen LogP contribution in [0.1, 0.15) is 31.4 Å². The van der Waals surface area contributed by atoms with Crippen molar-refractivity contribution in [3.8, 4) is 11.8 Å². The Morgan fingerprint density at radius 3 is 2.76 bits per heavy atom. The molecule has 1 aromatic carbocycles.